The zero-order valence-corrected chi connectivity index (χ0v) is 16.0. The smallest absolute Gasteiger partial charge is 0.126 e. The van der Waals surface area contributed by atoms with Crippen LogP contribution in [0.1, 0.15) is 84.5 Å². The van der Waals surface area contributed by atoms with Crippen molar-refractivity contribution in [2.24, 2.45) is 5.92 Å². The molecule has 116 valence electrons. The number of rotatable bonds is 13. The maximum absolute atomic E-state index is 5.85. The molecule has 0 aromatic heterocycles. The minimum Gasteiger partial charge on any atom is -0.126 e. The van der Waals surface area contributed by atoms with Gasteiger partial charge in [0.25, 0.3) is 0 Å². The van der Waals surface area contributed by atoms with E-state index < -0.39 is 6.00 Å². The van der Waals surface area contributed by atoms with Crippen molar-refractivity contribution in [2.75, 3.05) is 0 Å². The van der Waals surface area contributed by atoms with Gasteiger partial charge in [-0.05, 0) is 12.0 Å². The van der Waals surface area contributed by atoms with Crippen LogP contribution in [0.3, 0.4) is 0 Å². The summed E-state index contributed by atoms with van der Waals surface area (Å²) in [5.74, 6) is 0.871. The highest BCUT2D eigenvalue weighted by Gasteiger charge is 2.23. The molecule has 0 aliphatic carbocycles. The molecule has 0 N–H and O–H groups in total. The van der Waals surface area contributed by atoms with Crippen LogP contribution in [0, 0.1) is 5.92 Å². The highest BCUT2D eigenvalue weighted by atomic mass is 35.8. The van der Waals surface area contributed by atoms with E-state index in [4.69, 9.17) is 33.2 Å². The Morgan fingerprint density at radius 1 is 0.632 bits per heavy atom. The molecule has 0 aliphatic heterocycles. The van der Waals surface area contributed by atoms with E-state index in [9.17, 15) is 0 Å². The third kappa shape index (κ3) is 19.1. The van der Waals surface area contributed by atoms with Crippen LogP contribution >= 0.6 is 33.2 Å². The predicted octanol–water partition coefficient (Wildman–Crippen LogP) is 7.59. The number of hydrogen-bond donors (Lipinski definition) is 0. The largest absolute Gasteiger partial charge is 0.341 e. The number of unbranched alkanes of at least 4 members (excludes halogenated alkanes) is 9. The predicted molar refractivity (Wildman–Crippen MR) is 93.7 cm³/mol. The minimum atomic E-state index is -2.34. The average Bonchev–Trinajstić information content (AvgIpc) is 2.28. The Kier molecular flexibility index (Phi) is 13.5. The second-order valence-corrected chi connectivity index (χ2v) is 15.4. The van der Waals surface area contributed by atoms with Gasteiger partial charge >= 0.3 is 6.00 Å². The maximum atomic E-state index is 5.85. The van der Waals surface area contributed by atoms with E-state index in [1.54, 1.807) is 0 Å². The van der Waals surface area contributed by atoms with E-state index in [1.165, 1.54) is 64.2 Å². The van der Waals surface area contributed by atoms with E-state index in [0.717, 1.165) is 18.4 Å². The van der Waals surface area contributed by atoms with Gasteiger partial charge in [0.15, 0.2) is 0 Å². The molecule has 0 radical (unpaired) electrons. The Bertz CT molecular complexity index is 190. The van der Waals surface area contributed by atoms with Gasteiger partial charge in [0, 0.05) is 0 Å². The molecule has 4 heteroatoms. The fourth-order valence-corrected chi connectivity index (χ4v) is 4.15. The summed E-state index contributed by atoms with van der Waals surface area (Å²) >= 11 is 17.5. The van der Waals surface area contributed by atoms with Crippen LogP contribution in [0.4, 0.5) is 0 Å². The molecule has 0 fully saturated rings. The molecule has 0 aromatic rings. The third-order valence-electron chi connectivity index (χ3n) is 3.49. The van der Waals surface area contributed by atoms with Crippen molar-refractivity contribution in [2.45, 2.75) is 90.5 Å². The topological polar surface area (TPSA) is 0 Å². The molecule has 0 rings (SSSR count). The van der Waals surface area contributed by atoms with Crippen LogP contribution < -0.4 is 0 Å². The van der Waals surface area contributed by atoms with E-state index in [1.807, 2.05) is 0 Å². The van der Waals surface area contributed by atoms with Gasteiger partial charge in [-0.25, -0.2) is 0 Å². The molecule has 0 aliphatic rings. The normalized spacial score (nSPS) is 12.3. The molecule has 0 unspecified atom stereocenters. The first-order chi connectivity index (χ1) is 8.92. The van der Waals surface area contributed by atoms with Gasteiger partial charge in [0.05, 0.1) is 0 Å². The quantitative estimate of drug-likeness (QED) is 0.183. The zero-order valence-electron chi connectivity index (χ0n) is 12.7. The Labute approximate surface area is 135 Å². The van der Waals surface area contributed by atoms with E-state index in [2.05, 4.69) is 13.8 Å². The molecule has 19 heavy (non-hydrogen) atoms. The molecule has 0 amide bonds. The lowest BCUT2D eigenvalue weighted by molar-refractivity contribution is 0.505. The highest BCUT2D eigenvalue weighted by molar-refractivity contribution is 7.64. The fraction of sp³-hybridized carbons (Fsp3) is 1.00. The molecular weight excluding hydrogens is 315 g/mol. The third-order valence-corrected chi connectivity index (χ3v) is 6.11. The van der Waals surface area contributed by atoms with Gasteiger partial charge in [0.2, 0.25) is 0 Å². The summed E-state index contributed by atoms with van der Waals surface area (Å²) in [7, 11) is 0. The molecule has 0 atom stereocenters. The van der Waals surface area contributed by atoms with Crippen LogP contribution in [-0.2, 0) is 0 Å². The number of halogens is 3. The summed E-state index contributed by atoms with van der Waals surface area (Å²) in [5, 5.41) is 0. The maximum Gasteiger partial charge on any atom is 0.341 e. The van der Waals surface area contributed by atoms with Crippen LogP contribution in [0.5, 0.6) is 0 Å². The summed E-state index contributed by atoms with van der Waals surface area (Å²) in [6.45, 7) is 4.62. The van der Waals surface area contributed by atoms with Crippen molar-refractivity contribution in [3.05, 3.63) is 0 Å². The Morgan fingerprint density at radius 2 is 1.00 bits per heavy atom. The van der Waals surface area contributed by atoms with Crippen molar-refractivity contribution in [3.8, 4) is 0 Å². The lowest BCUT2D eigenvalue weighted by Crippen LogP contribution is -2.07. The summed E-state index contributed by atoms with van der Waals surface area (Å²) in [5.41, 5.74) is 0. The Morgan fingerprint density at radius 3 is 1.37 bits per heavy atom. The summed E-state index contributed by atoms with van der Waals surface area (Å²) in [6, 6.07) is -1.52. The fourth-order valence-electron chi connectivity index (χ4n) is 2.29. The van der Waals surface area contributed by atoms with Crippen molar-refractivity contribution < 1.29 is 0 Å². The molecule has 0 saturated carbocycles. The van der Waals surface area contributed by atoms with Crippen molar-refractivity contribution in [3.63, 3.8) is 0 Å². The first-order valence-corrected chi connectivity index (χ1v) is 13.2. The minimum absolute atomic E-state index is 0.827. The monoisotopic (exact) mass is 344 g/mol. The van der Waals surface area contributed by atoms with Crippen molar-refractivity contribution in [1.29, 1.82) is 0 Å². The summed E-state index contributed by atoms with van der Waals surface area (Å²) < 4.78 is 0. The van der Waals surface area contributed by atoms with Crippen molar-refractivity contribution >= 4 is 39.2 Å². The average molecular weight is 346 g/mol. The standard InChI is InChI=1S/C15H31Cl3Si/c1-15(2)13-11-9-7-5-3-4-6-8-10-12-14-19(16,17)18/h15H,3-14H2,1-2H3. The molecular formula is C15H31Cl3Si. The van der Waals surface area contributed by atoms with Gasteiger partial charge in [-0.1, -0.05) is 84.5 Å². The van der Waals surface area contributed by atoms with Crippen LogP contribution in [0.15, 0.2) is 0 Å². The molecule has 0 saturated heterocycles. The molecule has 0 heterocycles. The van der Waals surface area contributed by atoms with E-state index in [-0.39, 0.29) is 0 Å². The Balaban J connectivity index is 3.03. The van der Waals surface area contributed by atoms with E-state index >= 15 is 0 Å². The van der Waals surface area contributed by atoms with Crippen LogP contribution in [0.2, 0.25) is 6.04 Å². The second-order valence-electron chi connectivity index (χ2n) is 6.08. The van der Waals surface area contributed by atoms with Crippen LogP contribution in [0.25, 0.3) is 0 Å². The molecule has 0 bridgehead atoms. The molecule has 0 aromatic carbocycles. The molecule has 0 nitrogen and oxygen atoms in total. The van der Waals surface area contributed by atoms with Gasteiger partial charge in [-0.3, -0.25) is 0 Å². The van der Waals surface area contributed by atoms with E-state index in [0.29, 0.717) is 0 Å². The van der Waals surface area contributed by atoms with Gasteiger partial charge in [0.1, 0.15) is 0 Å². The van der Waals surface area contributed by atoms with Crippen LogP contribution in [-0.4, -0.2) is 6.00 Å². The lowest BCUT2D eigenvalue weighted by atomic mass is 10.0. The lowest BCUT2D eigenvalue weighted by Gasteiger charge is -2.07. The van der Waals surface area contributed by atoms with Gasteiger partial charge < -0.3 is 0 Å². The van der Waals surface area contributed by atoms with Crippen molar-refractivity contribution in [1.82, 2.24) is 0 Å². The SMILES string of the molecule is CC(C)CCCCCCCCCCCC[Si](Cl)(Cl)Cl. The van der Waals surface area contributed by atoms with Gasteiger partial charge in [-0.15, -0.1) is 33.2 Å². The first-order valence-electron chi connectivity index (χ1n) is 7.98. The second kappa shape index (κ2) is 12.8. The first kappa shape index (κ1) is 20.1. The Hall–Kier alpha value is 1.09. The zero-order chi connectivity index (χ0) is 14.6. The van der Waals surface area contributed by atoms with Gasteiger partial charge in [-0.2, -0.15) is 0 Å². The summed E-state index contributed by atoms with van der Waals surface area (Å²) in [6.07, 6.45) is 14.8. The number of hydrogen-bond acceptors (Lipinski definition) is 0. The molecule has 0 spiro atoms. The highest BCUT2D eigenvalue weighted by Crippen LogP contribution is 2.27. The summed E-state index contributed by atoms with van der Waals surface area (Å²) in [4.78, 5) is 0.